The van der Waals surface area contributed by atoms with Crippen molar-refractivity contribution in [2.24, 2.45) is 10.7 Å². The van der Waals surface area contributed by atoms with Gasteiger partial charge in [-0.05, 0) is 43.2 Å². The number of fused-ring (bicyclic) bond motifs is 1. The number of para-hydroxylation sites is 1. The Labute approximate surface area is 252 Å². The van der Waals surface area contributed by atoms with Crippen molar-refractivity contribution in [1.82, 2.24) is 4.57 Å². The summed E-state index contributed by atoms with van der Waals surface area (Å²) >= 11 is 1.23. The molecule has 9 nitrogen and oxygen atoms in total. The first-order valence-corrected chi connectivity index (χ1v) is 14.7. The zero-order chi connectivity index (χ0) is 30.3. The Hall–Kier alpha value is -4.96. The Morgan fingerprint density at radius 2 is 1.70 bits per heavy atom. The second-order valence-corrected chi connectivity index (χ2v) is 10.7. The van der Waals surface area contributed by atoms with E-state index in [1.54, 1.807) is 41.8 Å². The van der Waals surface area contributed by atoms with Crippen LogP contribution in [0.3, 0.4) is 0 Å². The average Bonchev–Trinajstić information content (AvgIpc) is 3.33. The highest BCUT2D eigenvalue weighted by atomic mass is 32.1. The molecule has 43 heavy (non-hydrogen) atoms. The Bertz CT molecular complexity index is 1840. The molecule has 2 N–H and O–H groups in total. The van der Waals surface area contributed by atoms with E-state index < -0.39 is 17.9 Å². The lowest BCUT2D eigenvalue weighted by molar-refractivity contribution is -0.138. The fourth-order valence-corrected chi connectivity index (χ4v) is 5.75. The first kappa shape index (κ1) is 29.5. The molecule has 0 unspecified atom stereocenters. The number of amides is 1. The summed E-state index contributed by atoms with van der Waals surface area (Å²) in [6.07, 6.45) is 2.55. The molecule has 1 aromatic heterocycles. The first-order valence-electron chi connectivity index (χ1n) is 13.9. The average molecular weight is 598 g/mol. The number of rotatable bonds is 11. The molecule has 2 heterocycles. The second kappa shape index (κ2) is 13.3. The van der Waals surface area contributed by atoms with Crippen LogP contribution in [-0.4, -0.2) is 36.3 Å². The van der Waals surface area contributed by atoms with Crippen LogP contribution in [0, 0.1) is 0 Å². The maximum Gasteiger partial charge on any atom is 0.338 e. The highest BCUT2D eigenvalue weighted by Crippen LogP contribution is 2.38. The summed E-state index contributed by atoms with van der Waals surface area (Å²) in [6, 6.07) is 22.9. The minimum atomic E-state index is -0.842. The van der Waals surface area contributed by atoms with Gasteiger partial charge in [-0.15, -0.1) is 0 Å². The lowest BCUT2D eigenvalue weighted by Crippen LogP contribution is -2.40. The molecule has 1 aliphatic rings. The fourth-order valence-electron chi connectivity index (χ4n) is 4.75. The normalized spacial score (nSPS) is 14.6. The summed E-state index contributed by atoms with van der Waals surface area (Å²) in [7, 11) is 0. The monoisotopic (exact) mass is 597 g/mol. The minimum Gasteiger partial charge on any atom is -0.493 e. The van der Waals surface area contributed by atoms with E-state index in [1.165, 1.54) is 11.3 Å². The number of esters is 1. The number of carbonyl (C=O) groups is 2. The lowest BCUT2D eigenvalue weighted by atomic mass is 9.92. The summed E-state index contributed by atoms with van der Waals surface area (Å²) in [5.74, 6) is -0.0704. The predicted octanol–water partition coefficient (Wildman–Crippen LogP) is 3.59. The number of hydrogen-bond donors (Lipinski definition) is 1. The van der Waals surface area contributed by atoms with Crippen LogP contribution in [0.25, 0.3) is 11.8 Å². The molecule has 1 aliphatic heterocycles. The van der Waals surface area contributed by atoms with Crippen LogP contribution in [0.1, 0.15) is 43.0 Å². The van der Waals surface area contributed by atoms with E-state index in [4.69, 9.17) is 24.9 Å². The van der Waals surface area contributed by atoms with Crippen molar-refractivity contribution >= 4 is 35.0 Å². The van der Waals surface area contributed by atoms with Gasteiger partial charge in [0.1, 0.15) is 17.5 Å². The van der Waals surface area contributed by atoms with E-state index >= 15 is 0 Å². The van der Waals surface area contributed by atoms with Crippen LogP contribution in [0.5, 0.6) is 11.5 Å². The second-order valence-electron chi connectivity index (χ2n) is 9.64. The smallest absolute Gasteiger partial charge is 0.338 e. The topological polar surface area (TPSA) is 122 Å². The number of hydrogen-bond acceptors (Lipinski definition) is 8. The number of nitrogens with two attached hydrogens (primary N) is 1. The van der Waals surface area contributed by atoms with Crippen molar-refractivity contribution in [3.8, 4) is 11.5 Å². The third-order valence-electron chi connectivity index (χ3n) is 6.61. The number of aromatic nitrogens is 1. The lowest BCUT2D eigenvalue weighted by Gasteiger charge is -2.27. The number of carbonyl (C=O) groups excluding carboxylic acids is 2. The van der Waals surface area contributed by atoms with Crippen molar-refractivity contribution in [2.45, 2.75) is 26.3 Å². The van der Waals surface area contributed by atoms with Gasteiger partial charge in [-0.25, -0.2) is 9.79 Å². The van der Waals surface area contributed by atoms with Gasteiger partial charge in [0.05, 0.1) is 29.0 Å². The quantitative estimate of drug-likeness (QED) is 0.264. The standard InChI is InChI=1S/C33H31N3O6S/c1-3-18-41-25-13-9-8-12-24(25)30-28(32(39)40-4-2)29(22-10-6-5-7-11-22)35-33-36(30)31(38)26(43-33)19-21-14-16-23(17-15-21)42-20-27(34)37/h5-17,19,30H,3-4,18,20H2,1-2H3,(H2,34,37)/b26-19-/t30-/m0/s1. The molecule has 0 spiro atoms. The molecule has 0 bridgehead atoms. The molecule has 4 aromatic rings. The van der Waals surface area contributed by atoms with E-state index in [-0.39, 0.29) is 24.3 Å². The molecule has 5 rings (SSSR count). The number of benzene rings is 3. The van der Waals surface area contributed by atoms with E-state index in [9.17, 15) is 14.4 Å². The van der Waals surface area contributed by atoms with Gasteiger partial charge < -0.3 is 19.9 Å². The van der Waals surface area contributed by atoms with Crippen LogP contribution < -0.4 is 30.1 Å². The summed E-state index contributed by atoms with van der Waals surface area (Å²) in [6.45, 7) is 4.16. The molecular formula is C33H31N3O6S. The molecular weight excluding hydrogens is 566 g/mol. The van der Waals surface area contributed by atoms with E-state index in [0.29, 0.717) is 38.7 Å². The maximum atomic E-state index is 14.1. The molecule has 0 saturated heterocycles. The summed E-state index contributed by atoms with van der Waals surface area (Å²) in [5, 5.41) is 0. The van der Waals surface area contributed by atoms with Crippen molar-refractivity contribution < 1.29 is 23.8 Å². The van der Waals surface area contributed by atoms with Crippen LogP contribution in [0.15, 0.2) is 94.2 Å². The van der Waals surface area contributed by atoms with E-state index in [1.807, 2.05) is 61.5 Å². The molecule has 0 aliphatic carbocycles. The number of nitrogens with zero attached hydrogens (tertiary/aromatic N) is 2. The fraction of sp³-hybridized carbons (Fsp3) is 0.212. The number of thiazole rings is 1. The largest absolute Gasteiger partial charge is 0.493 e. The Morgan fingerprint density at radius 3 is 2.40 bits per heavy atom. The van der Waals surface area contributed by atoms with Gasteiger partial charge in [0, 0.05) is 11.1 Å². The number of ether oxygens (including phenoxy) is 3. The van der Waals surface area contributed by atoms with Gasteiger partial charge >= 0.3 is 5.97 Å². The first-order chi connectivity index (χ1) is 20.9. The minimum absolute atomic E-state index is 0.161. The summed E-state index contributed by atoms with van der Waals surface area (Å²) in [4.78, 5) is 44.2. The third kappa shape index (κ3) is 6.44. The van der Waals surface area contributed by atoms with Gasteiger partial charge in [0.15, 0.2) is 11.4 Å². The molecule has 0 radical (unpaired) electrons. The summed E-state index contributed by atoms with van der Waals surface area (Å²) < 4.78 is 19.0. The molecule has 1 amide bonds. The molecule has 3 aromatic carbocycles. The van der Waals surface area contributed by atoms with Gasteiger partial charge in [0.2, 0.25) is 0 Å². The highest BCUT2D eigenvalue weighted by molar-refractivity contribution is 7.07. The van der Waals surface area contributed by atoms with Gasteiger partial charge in [-0.2, -0.15) is 0 Å². The SMILES string of the molecule is CCCOc1ccccc1[C@H]1C(C(=O)OCC)=C(c2ccccc2)N=c2s/c(=C\c3ccc(OCC(N)=O)cc3)c(=O)n21. The van der Waals surface area contributed by atoms with E-state index in [0.717, 1.165) is 17.5 Å². The molecule has 0 fully saturated rings. The molecule has 1 atom stereocenters. The molecule has 220 valence electrons. The van der Waals surface area contributed by atoms with Crippen molar-refractivity contribution in [2.75, 3.05) is 19.8 Å². The summed E-state index contributed by atoms with van der Waals surface area (Å²) in [5.41, 5.74) is 7.69. The third-order valence-corrected chi connectivity index (χ3v) is 7.59. The maximum absolute atomic E-state index is 14.1. The highest BCUT2D eigenvalue weighted by Gasteiger charge is 2.36. The van der Waals surface area contributed by atoms with Crippen LogP contribution >= 0.6 is 11.3 Å². The molecule has 10 heteroatoms. The Kier molecular flexibility index (Phi) is 9.17. The Balaban J connectivity index is 1.73. The van der Waals surface area contributed by atoms with Gasteiger partial charge in [-0.1, -0.05) is 78.9 Å². The molecule has 0 saturated carbocycles. The van der Waals surface area contributed by atoms with Crippen LogP contribution in [0.4, 0.5) is 0 Å². The van der Waals surface area contributed by atoms with Gasteiger partial charge in [-0.3, -0.25) is 14.2 Å². The zero-order valence-electron chi connectivity index (χ0n) is 23.8. The Morgan fingerprint density at radius 1 is 0.977 bits per heavy atom. The van der Waals surface area contributed by atoms with Crippen LogP contribution in [-0.2, 0) is 14.3 Å². The van der Waals surface area contributed by atoms with Crippen molar-refractivity contribution in [3.63, 3.8) is 0 Å². The number of primary amides is 1. The predicted molar refractivity (Wildman–Crippen MR) is 164 cm³/mol. The van der Waals surface area contributed by atoms with Crippen molar-refractivity contribution in [1.29, 1.82) is 0 Å². The van der Waals surface area contributed by atoms with E-state index in [2.05, 4.69) is 0 Å². The van der Waals surface area contributed by atoms with Gasteiger partial charge in [0.25, 0.3) is 11.5 Å². The van der Waals surface area contributed by atoms with Crippen LogP contribution in [0.2, 0.25) is 0 Å². The zero-order valence-corrected chi connectivity index (χ0v) is 24.6. The van der Waals surface area contributed by atoms with Crippen molar-refractivity contribution in [3.05, 3.63) is 121 Å².